The Morgan fingerprint density at radius 2 is 1.80 bits per heavy atom. The number of carbonyl (C=O) groups excluding carboxylic acids is 1. The molecule has 2 amide bonds. The summed E-state index contributed by atoms with van der Waals surface area (Å²) in [7, 11) is -3.67. The quantitative estimate of drug-likeness (QED) is 0.415. The molecular weight excluding hydrogens is 465 g/mol. The van der Waals surface area contributed by atoms with Crippen molar-refractivity contribution in [1.82, 2.24) is 4.72 Å². The van der Waals surface area contributed by atoms with E-state index in [-0.39, 0.29) is 16.0 Å². The third-order valence-corrected chi connectivity index (χ3v) is 7.50. The van der Waals surface area contributed by atoms with Crippen LogP contribution in [-0.4, -0.2) is 20.5 Å². The van der Waals surface area contributed by atoms with E-state index in [9.17, 15) is 13.2 Å². The van der Waals surface area contributed by atoms with Gasteiger partial charge >= 0.3 is 6.03 Å². The Hall–Kier alpha value is -2.10. The first-order chi connectivity index (χ1) is 14.3. The topological polar surface area (TPSA) is 87.3 Å². The van der Waals surface area contributed by atoms with E-state index in [1.54, 1.807) is 24.3 Å². The number of halogens is 2. The van der Waals surface area contributed by atoms with Gasteiger partial charge in [-0.25, -0.2) is 17.9 Å². The van der Waals surface area contributed by atoms with Gasteiger partial charge in [-0.2, -0.15) is 11.3 Å². The lowest BCUT2D eigenvalue weighted by molar-refractivity contribution is 0.262. The van der Waals surface area contributed by atoms with Gasteiger partial charge in [-0.05, 0) is 59.5 Å². The minimum absolute atomic E-state index is 0.0174. The van der Waals surface area contributed by atoms with E-state index >= 15 is 0 Å². The van der Waals surface area contributed by atoms with Crippen molar-refractivity contribution in [3.8, 4) is 11.1 Å². The van der Waals surface area contributed by atoms with Crippen molar-refractivity contribution in [3.63, 3.8) is 0 Å². The van der Waals surface area contributed by atoms with E-state index < -0.39 is 16.1 Å². The Balaban J connectivity index is 1.64. The Bertz CT molecular complexity index is 1190. The summed E-state index contributed by atoms with van der Waals surface area (Å²) < 4.78 is 27.9. The van der Waals surface area contributed by atoms with Crippen LogP contribution in [0.5, 0.6) is 0 Å². The summed E-state index contributed by atoms with van der Waals surface area (Å²) in [5.74, 6) is 0. The highest BCUT2D eigenvalue weighted by molar-refractivity contribution is 7.89. The maximum atomic E-state index is 12.6. The van der Waals surface area contributed by atoms with Gasteiger partial charge in [-0.3, -0.25) is 0 Å². The van der Waals surface area contributed by atoms with Crippen LogP contribution in [0.25, 0.3) is 11.1 Å². The summed E-state index contributed by atoms with van der Waals surface area (Å²) in [6, 6.07) is 10.9. The van der Waals surface area contributed by atoms with Gasteiger partial charge in [0.2, 0.25) is 10.0 Å². The molecule has 0 radical (unpaired) electrons. The second kappa shape index (κ2) is 8.56. The Morgan fingerprint density at radius 3 is 2.50 bits per heavy atom. The number of carbonyl (C=O) groups is 1. The molecule has 4 rings (SSSR count). The van der Waals surface area contributed by atoms with Crippen molar-refractivity contribution < 1.29 is 13.2 Å². The third kappa shape index (κ3) is 4.79. The van der Waals surface area contributed by atoms with Gasteiger partial charge in [0.1, 0.15) is 0 Å². The Kier molecular flexibility index (Phi) is 6.04. The number of thiophene rings is 1. The van der Waals surface area contributed by atoms with Crippen molar-refractivity contribution in [3.05, 3.63) is 63.3 Å². The fourth-order valence-electron chi connectivity index (χ4n) is 2.83. The summed E-state index contributed by atoms with van der Waals surface area (Å²) in [5, 5.41) is 9.74. The standard InChI is InChI=1S/C20H17Cl2N3O3S2/c21-16-2-1-3-17(19(16)22)23-20(26)24-18-10-14(30(27,28)25-13-4-5-13)6-7-15(18)12-8-9-29-11-12/h1-3,6-11,13,25H,4-5H2,(H2,23,24,26). The van der Waals surface area contributed by atoms with Gasteiger partial charge < -0.3 is 10.6 Å². The van der Waals surface area contributed by atoms with Crippen molar-refractivity contribution in [2.45, 2.75) is 23.8 Å². The van der Waals surface area contributed by atoms with Crippen molar-refractivity contribution in [2.75, 3.05) is 10.6 Å². The molecule has 1 saturated carbocycles. The second-order valence-electron chi connectivity index (χ2n) is 6.80. The Labute approximate surface area is 188 Å². The van der Waals surface area contributed by atoms with Gasteiger partial charge in [-0.1, -0.05) is 35.3 Å². The first-order valence-electron chi connectivity index (χ1n) is 9.04. The SMILES string of the molecule is O=C(Nc1cc(S(=O)(=O)NC2CC2)ccc1-c1ccsc1)Nc1cccc(Cl)c1Cl. The zero-order valence-electron chi connectivity index (χ0n) is 15.5. The molecule has 1 aromatic heterocycles. The van der Waals surface area contributed by atoms with E-state index in [4.69, 9.17) is 23.2 Å². The molecular formula is C20H17Cl2N3O3S2. The van der Waals surface area contributed by atoms with Crippen molar-refractivity contribution >= 4 is 62.0 Å². The first-order valence-corrected chi connectivity index (χ1v) is 12.2. The van der Waals surface area contributed by atoms with Crippen LogP contribution in [0.1, 0.15) is 12.8 Å². The van der Waals surface area contributed by atoms with Crippen molar-refractivity contribution in [2.24, 2.45) is 0 Å². The van der Waals surface area contributed by atoms with Crippen LogP contribution in [-0.2, 0) is 10.0 Å². The highest BCUT2D eigenvalue weighted by Gasteiger charge is 2.28. The predicted molar refractivity (Wildman–Crippen MR) is 122 cm³/mol. The number of amides is 2. The molecule has 0 spiro atoms. The molecule has 1 fully saturated rings. The molecule has 0 bridgehead atoms. The predicted octanol–water partition coefficient (Wildman–Crippen LogP) is 5.81. The molecule has 1 heterocycles. The largest absolute Gasteiger partial charge is 0.323 e. The molecule has 1 aliphatic rings. The van der Waals surface area contributed by atoms with E-state index in [0.717, 1.165) is 18.4 Å². The van der Waals surface area contributed by atoms with E-state index in [1.807, 2.05) is 16.8 Å². The highest BCUT2D eigenvalue weighted by atomic mass is 35.5. The molecule has 2 aromatic carbocycles. The highest BCUT2D eigenvalue weighted by Crippen LogP contribution is 2.33. The van der Waals surface area contributed by atoms with Gasteiger partial charge in [0.25, 0.3) is 0 Å². The number of hydrogen-bond acceptors (Lipinski definition) is 4. The number of sulfonamides is 1. The fourth-order valence-corrected chi connectivity index (χ4v) is 5.16. The molecule has 3 N–H and O–H groups in total. The van der Waals surface area contributed by atoms with Gasteiger partial charge in [0.15, 0.2) is 0 Å². The Morgan fingerprint density at radius 1 is 1.03 bits per heavy atom. The van der Waals surface area contributed by atoms with Crippen LogP contribution in [0.2, 0.25) is 10.0 Å². The number of nitrogens with one attached hydrogen (secondary N) is 3. The molecule has 156 valence electrons. The minimum atomic E-state index is -3.67. The molecule has 0 saturated heterocycles. The monoisotopic (exact) mass is 481 g/mol. The average molecular weight is 482 g/mol. The maximum Gasteiger partial charge on any atom is 0.323 e. The summed E-state index contributed by atoms with van der Waals surface area (Å²) in [6.45, 7) is 0. The normalized spacial score (nSPS) is 13.8. The molecule has 0 aliphatic heterocycles. The molecule has 10 heteroatoms. The smallest absolute Gasteiger partial charge is 0.307 e. The average Bonchev–Trinajstić information content (AvgIpc) is 3.33. The van der Waals surface area contributed by atoms with E-state index in [0.29, 0.717) is 22.0 Å². The van der Waals surface area contributed by atoms with Crippen LogP contribution in [0.4, 0.5) is 16.2 Å². The number of hydrogen-bond donors (Lipinski definition) is 3. The van der Waals surface area contributed by atoms with Crippen molar-refractivity contribution in [1.29, 1.82) is 0 Å². The minimum Gasteiger partial charge on any atom is -0.307 e. The summed E-state index contributed by atoms with van der Waals surface area (Å²) in [4.78, 5) is 12.7. The molecule has 3 aromatic rings. The number of anilines is 2. The van der Waals surface area contributed by atoms with Crippen LogP contribution in [0.3, 0.4) is 0 Å². The van der Waals surface area contributed by atoms with Gasteiger partial charge in [-0.15, -0.1) is 0 Å². The molecule has 0 atom stereocenters. The summed E-state index contributed by atoms with van der Waals surface area (Å²) >= 11 is 13.6. The lowest BCUT2D eigenvalue weighted by Gasteiger charge is -2.14. The number of rotatable bonds is 6. The number of urea groups is 1. The third-order valence-electron chi connectivity index (χ3n) is 4.48. The zero-order chi connectivity index (χ0) is 21.3. The van der Waals surface area contributed by atoms with Crippen LogP contribution >= 0.6 is 34.5 Å². The van der Waals surface area contributed by atoms with Crippen LogP contribution < -0.4 is 15.4 Å². The first kappa shape index (κ1) is 21.1. The number of benzene rings is 2. The van der Waals surface area contributed by atoms with E-state index in [2.05, 4.69) is 15.4 Å². The molecule has 1 aliphatic carbocycles. The second-order valence-corrected chi connectivity index (χ2v) is 10.1. The summed E-state index contributed by atoms with van der Waals surface area (Å²) in [6.07, 6.45) is 1.67. The van der Waals surface area contributed by atoms with Crippen LogP contribution in [0, 0.1) is 0 Å². The van der Waals surface area contributed by atoms with Gasteiger partial charge in [0, 0.05) is 11.6 Å². The zero-order valence-corrected chi connectivity index (χ0v) is 18.6. The molecule has 0 unspecified atom stereocenters. The molecule has 6 nitrogen and oxygen atoms in total. The fraction of sp³-hybridized carbons (Fsp3) is 0.150. The van der Waals surface area contributed by atoms with Gasteiger partial charge in [0.05, 0.1) is 26.3 Å². The lowest BCUT2D eigenvalue weighted by Crippen LogP contribution is -2.26. The maximum absolute atomic E-state index is 12.6. The van der Waals surface area contributed by atoms with Crippen LogP contribution in [0.15, 0.2) is 58.1 Å². The van der Waals surface area contributed by atoms with E-state index in [1.165, 1.54) is 23.5 Å². The lowest BCUT2D eigenvalue weighted by atomic mass is 10.1. The summed E-state index contributed by atoms with van der Waals surface area (Å²) in [5.41, 5.74) is 2.28. The molecule has 30 heavy (non-hydrogen) atoms.